The van der Waals surface area contributed by atoms with Gasteiger partial charge in [-0.05, 0) is 30.5 Å². The van der Waals surface area contributed by atoms with Crippen molar-refractivity contribution in [1.82, 2.24) is 5.32 Å². The van der Waals surface area contributed by atoms with Crippen LogP contribution in [-0.4, -0.2) is 25.0 Å². The molecule has 1 N–H and O–H groups in total. The molecule has 0 saturated heterocycles. The number of hydrogen-bond donors (Lipinski definition) is 1. The molecule has 0 radical (unpaired) electrons. The van der Waals surface area contributed by atoms with Gasteiger partial charge in [-0.1, -0.05) is 90.5 Å². The lowest BCUT2D eigenvalue weighted by molar-refractivity contribution is -0.145. The van der Waals surface area contributed by atoms with Gasteiger partial charge >= 0.3 is 5.97 Å². The van der Waals surface area contributed by atoms with Crippen LogP contribution in [-0.2, 0) is 26.2 Å². The molecule has 0 aliphatic heterocycles. The third kappa shape index (κ3) is 4.60. The molecule has 4 nitrogen and oxygen atoms in total. The highest BCUT2D eigenvalue weighted by Crippen LogP contribution is 2.32. The molecule has 4 heteroatoms. The van der Waals surface area contributed by atoms with Gasteiger partial charge in [0.15, 0.2) is 0 Å². The summed E-state index contributed by atoms with van der Waals surface area (Å²) in [4.78, 5) is 26.1. The maximum Gasteiger partial charge on any atom is 0.328 e. The summed E-state index contributed by atoms with van der Waals surface area (Å²) in [5.41, 5.74) is 2.81. The minimum Gasteiger partial charge on any atom is -0.467 e. The molecule has 1 atom stereocenters. The van der Waals surface area contributed by atoms with E-state index < -0.39 is 17.4 Å². The fourth-order valence-electron chi connectivity index (χ4n) is 3.68. The lowest BCUT2D eigenvalue weighted by Gasteiger charge is -2.31. The average molecular weight is 402 g/mol. The highest BCUT2D eigenvalue weighted by Gasteiger charge is 2.39. The van der Waals surface area contributed by atoms with E-state index in [4.69, 9.17) is 4.74 Å². The van der Waals surface area contributed by atoms with Crippen molar-refractivity contribution in [3.63, 3.8) is 0 Å². The van der Waals surface area contributed by atoms with Gasteiger partial charge in [-0.3, -0.25) is 4.79 Å². The smallest absolute Gasteiger partial charge is 0.328 e. The second-order valence-corrected chi connectivity index (χ2v) is 7.60. The second kappa shape index (κ2) is 9.40. The third-order valence-electron chi connectivity index (χ3n) is 5.47. The molecular formula is C26H27NO3. The highest BCUT2D eigenvalue weighted by atomic mass is 16.5. The molecule has 1 amide bonds. The van der Waals surface area contributed by atoms with Crippen LogP contribution < -0.4 is 5.32 Å². The van der Waals surface area contributed by atoms with E-state index in [1.165, 1.54) is 7.11 Å². The maximum atomic E-state index is 13.6. The van der Waals surface area contributed by atoms with Crippen LogP contribution >= 0.6 is 0 Å². The Balaban J connectivity index is 1.95. The molecule has 30 heavy (non-hydrogen) atoms. The number of methoxy groups -OCH3 is 1. The van der Waals surface area contributed by atoms with Gasteiger partial charge in [-0.2, -0.15) is 0 Å². The molecule has 0 spiro atoms. The standard InChI is InChI=1S/C26H27NO3/c1-19-11-10-12-20(17-19)18-23(24(28)30-3)27-25(29)26(2,21-13-6-4-7-14-21)22-15-8-5-9-16-22/h4-17,23H,18H2,1-3H3,(H,27,29)/t23-/m0/s1. The van der Waals surface area contributed by atoms with E-state index in [1.54, 1.807) is 0 Å². The first kappa shape index (κ1) is 21.3. The monoisotopic (exact) mass is 401 g/mol. The molecule has 0 heterocycles. The minimum absolute atomic E-state index is 0.247. The fraction of sp³-hybridized carbons (Fsp3) is 0.231. The number of carbonyl (C=O) groups is 2. The Morgan fingerprint density at radius 1 is 0.900 bits per heavy atom. The van der Waals surface area contributed by atoms with Crippen molar-refractivity contribution in [2.75, 3.05) is 7.11 Å². The molecule has 3 rings (SSSR count). The molecule has 0 unspecified atom stereocenters. The second-order valence-electron chi connectivity index (χ2n) is 7.60. The summed E-state index contributed by atoms with van der Waals surface area (Å²) in [6.07, 6.45) is 0.361. The number of ether oxygens (including phenoxy) is 1. The van der Waals surface area contributed by atoms with E-state index >= 15 is 0 Å². The third-order valence-corrected chi connectivity index (χ3v) is 5.47. The first-order valence-electron chi connectivity index (χ1n) is 10.0. The van der Waals surface area contributed by atoms with Crippen molar-refractivity contribution in [3.05, 3.63) is 107 Å². The van der Waals surface area contributed by atoms with Crippen LogP contribution in [0.5, 0.6) is 0 Å². The number of carbonyl (C=O) groups excluding carboxylic acids is 2. The van der Waals surface area contributed by atoms with Crippen LogP contribution in [0.4, 0.5) is 0 Å². The van der Waals surface area contributed by atoms with Crippen molar-refractivity contribution >= 4 is 11.9 Å². The van der Waals surface area contributed by atoms with Gasteiger partial charge in [0.1, 0.15) is 6.04 Å². The molecule has 0 aliphatic carbocycles. The van der Waals surface area contributed by atoms with Gasteiger partial charge in [-0.15, -0.1) is 0 Å². The van der Waals surface area contributed by atoms with E-state index in [0.29, 0.717) is 6.42 Å². The molecule has 0 saturated carbocycles. The summed E-state index contributed by atoms with van der Waals surface area (Å²) in [6.45, 7) is 3.88. The number of aryl methyl sites for hydroxylation is 1. The average Bonchev–Trinajstić information content (AvgIpc) is 2.78. The van der Waals surface area contributed by atoms with Crippen LogP contribution in [0.3, 0.4) is 0 Å². The van der Waals surface area contributed by atoms with Gasteiger partial charge in [0.2, 0.25) is 5.91 Å². The molecule has 0 aromatic heterocycles. The Labute approximate surface area is 177 Å². The van der Waals surface area contributed by atoms with Crippen LogP contribution in [0.25, 0.3) is 0 Å². The first-order chi connectivity index (χ1) is 14.4. The van der Waals surface area contributed by atoms with Gasteiger partial charge in [0, 0.05) is 6.42 Å². The summed E-state index contributed by atoms with van der Waals surface area (Å²) < 4.78 is 4.99. The molecule has 0 bridgehead atoms. The molecule has 0 aliphatic rings. The van der Waals surface area contributed by atoms with Crippen LogP contribution in [0, 0.1) is 6.92 Å². The Hall–Kier alpha value is -3.40. The van der Waals surface area contributed by atoms with E-state index in [1.807, 2.05) is 98.8 Å². The minimum atomic E-state index is -0.957. The highest BCUT2D eigenvalue weighted by molar-refractivity contribution is 5.94. The summed E-state index contributed by atoms with van der Waals surface area (Å²) in [5, 5.41) is 2.96. The lowest BCUT2D eigenvalue weighted by atomic mass is 9.75. The molecule has 0 fully saturated rings. The zero-order valence-corrected chi connectivity index (χ0v) is 17.6. The lowest BCUT2D eigenvalue weighted by Crippen LogP contribution is -2.51. The number of benzene rings is 3. The number of nitrogens with one attached hydrogen (secondary N) is 1. The zero-order valence-electron chi connectivity index (χ0n) is 17.6. The normalized spacial score (nSPS) is 12.1. The van der Waals surface area contributed by atoms with Crippen molar-refractivity contribution in [3.8, 4) is 0 Å². The van der Waals surface area contributed by atoms with E-state index in [0.717, 1.165) is 22.3 Å². The topological polar surface area (TPSA) is 55.4 Å². The number of hydrogen-bond acceptors (Lipinski definition) is 3. The number of rotatable bonds is 7. The van der Waals surface area contributed by atoms with Gasteiger partial charge in [0.05, 0.1) is 12.5 Å². The summed E-state index contributed by atoms with van der Waals surface area (Å²) >= 11 is 0. The Morgan fingerprint density at radius 2 is 1.47 bits per heavy atom. The van der Waals surface area contributed by atoms with E-state index in [2.05, 4.69) is 5.32 Å². The van der Waals surface area contributed by atoms with Crippen molar-refractivity contribution in [2.45, 2.75) is 31.7 Å². The largest absolute Gasteiger partial charge is 0.467 e. The Bertz CT molecular complexity index is 960. The van der Waals surface area contributed by atoms with Crippen molar-refractivity contribution in [1.29, 1.82) is 0 Å². The summed E-state index contributed by atoms with van der Waals surface area (Å²) in [5.74, 6) is -0.712. The van der Waals surface area contributed by atoms with Gasteiger partial charge in [0.25, 0.3) is 0 Å². The van der Waals surface area contributed by atoms with Crippen LogP contribution in [0.2, 0.25) is 0 Å². The summed E-state index contributed by atoms with van der Waals surface area (Å²) in [7, 11) is 1.34. The first-order valence-corrected chi connectivity index (χ1v) is 10.0. The molecule has 3 aromatic carbocycles. The quantitative estimate of drug-likeness (QED) is 0.604. The predicted octanol–water partition coefficient (Wildman–Crippen LogP) is 4.20. The van der Waals surface area contributed by atoms with E-state index in [9.17, 15) is 9.59 Å². The SMILES string of the molecule is COC(=O)[C@H](Cc1cccc(C)c1)NC(=O)C(C)(c1ccccc1)c1ccccc1. The maximum absolute atomic E-state index is 13.6. The van der Waals surface area contributed by atoms with Crippen molar-refractivity contribution in [2.24, 2.45) is 0 Å². The Morgan fingerprint density at radius 3 is 1.97 bits per heavy atom. The zero-order chi connectivity index (χ0) is 21.6. The molecule has 154 valence electrons. The van der Waals surface area contributed by atoms with Gasteiger partial charge in [-0.25, -0.2) is 4.79 Å². The Kier molecular flexibility index (Phi) is 6.68. The van der Waals surface area contributed by atoms with E-state index in [-0.39, 0.29) is 5.91 Å². The van der Waals surface area contributed by atoms with Gasteiger partial charge < -0.3 is 10.1 Å². The molecular weight excluding hydrogens is 374 g/mol. The molecule has 3 aromatic rings. The van der Waals surface area contributed by atoms with Crippen molar-refractivity contribution < 1.29 is 14.3 Å². The number of esters is 1. The van der Waals surface area contributed by atoms with Crippen LogP contribution in [0.15, 0.2) is 84.9 Å². The number of amides is 1. The predicted molar refractivity (Wildman–Crippen MR) is 118 cm³/mol. The fourth-order valence-corrected chi connectivity index (χ4v) is 3.68. The van der Waals surface area contributed by atoms with Crippen LogP contribution in [0.1, 0.15) is 29.2 Å². The summed E-state index contributed by atoms with van der Waals surface area (Å²) in [6, 6.07) is 26.3.